The molecule has 0 N–H and O–H groups in total. The van der Waals surface area contributed by atoms with Gasteiger partial charge in [0.2, 0.25) is 0 Å². The average Bonchev–Trinajstić information content (AvgIpc) is 2.89. The lowest BCUT2D eigenvalue weighted by Gasteiger charge is -2.35. The fourth-order valence-electron chi connectivity index (χ4n) is 4.75. The van der Waals surface area contributed by atoms with Gasteiger partial charge in [0.1, 0.15) is 5.82 Å². The minimum absolute atomic E-state index is 0.00635. The van der Waals surface area contributed by atoms with Gasteiger partial charge in [0, 0.05) is 17.4 Å². The Morgan fingerprint density at radius 1 is 1.30 bits per heavy atom. The van der Waals surface area contributed by atoms with Gasteiger partial charge in [0.05, 0.1) is 17.5 Å². The molecule has 3 nitrogen and oxygen atoms in total. The number of halogens is 1. The van der Waals surface area contributed by atoms with Crippen LogP contribution in [0, 0.1) is 22.6 Å². The lowest BCUT2D eigenvalue weighted by molar-refractivity contribution is 0.209. The molecule has 1 fully saturated rings. The highest BCUT2D eigenvalue weighted by atomic mass is 19.1. The molecule has 23 heavy (non-hydrogen) atoms. The van der Waals surface area contributed by atoms with Gasteiger partial charge in [-0.15, -0.1) is 0 Å². The van der Waals surface area contributed by atoms with Crippen molar-refractivity contribution in [3.63, 3.8) is 0 Å². The van der Waals surface area contributed by atoms with E-state index < -0.39 is 0 Å². The van der Waals surface area contributed by atoms with Gasteiger partial charge in [-0.3, -0.25) is 0 Å². The van der Waals surface area contributed by atoms with Crippen LogP contribution in [0.2, 0.25) is 0 Å². The maximum absolute atomic E-state index is 14.1. The molecule has 4 rings (SSSR count). The van der Waals surface area contributed by atoms with Crippen LogP contribution in [0.1, 0.15) is 50.3 Å². The molecule has 2 aromatic rings. The summed E-state index contributed by atoms with van der Waals surface area (Å²) in [7, 11) is 0. The molecule has 2 aliphatic rings. The molecule has 0 spiro atoms. The third-order valence-corrected chi connectivity index (χ3v) is 6.15. The summed E-state index contributed by atoms with van der Waals surface area (Å²) in [5.74, 6) is 0.0859. The van der Waals surface area contributed by atoms with Crippen LogP contribution in [0.5, 0.6) is 0 Å². The van der Waals surface area contributed by atoms with Crippen molar-refractivity contribution in [2.24, 2.45) is 5.41 Å². The molecule has 1 saturated carbocycles. The Kier molecular flexibility index (Phi) is 2.87. The molecule has 1 heterocycles. The summed E-state index contributed by atoms with van der Waals surface area (Å²) in [5.41, 5.74) is 2.97. The lowest BCUT2D eigenvalue weighted by atomic mass is 9.67. The first kappa shape index (κ1) is 14.3. The normalized spacial score (nSPS) is 26.8. The minimum Gasteiger partial charge on any atom is -0.206 e. The molecule has 1 aromatic carbocycles. The van der Waals surface area contributed by atoms with Gasteiger partial charge in [-0.2, -0.15) is 15.5 Å². The van der Waals surface area contributed by atoms with Crippen LogP contribution in [-0.4, -0.2) is 10.2 Å². The number of rotatable bonds is 2. The number of fused-ring (bicyclic) bond motifs is 5. The van der Waals surface area contributed by atoms with E-state index in [4.69, 9.17) is 0 Å². The highest BCUT2D eigenvalue weighted by Gasteiger charge is 2.63. The molecular formula is C19H18FN3. The second kappa shape index (κ2) is 4.61. The SMILES string of the molecule is CC1(C)[C@@H]2CCC1(CC#N)c1nnc(-c3ccccc3F)cc12. The molecule has 2 aliphatic carbocycles. The number of benzene rings is 1. The number of nitriles is 1. The van der Waals surface area contributed by atoms with E-state index in [1.165, 1.54) is 6.07 Å². The first-order valence-corrected chi connectivity index (χ1v) is 8.01. The Morgan fingerprint density at radius 3 is 2.83 bits per heavy atom. The van der Waals surface area contributed by atoms with Crippen LogP contribution in [0.4, 0.5) is 4.39 Å². The number of aromatic nitrogens is 2. The van der Waals surface area contributed by atoms with Crippen LogP contribution in [0.15, 0.2) is 30.3 Å². The van der Waals surface area contributed by atoms with Crippen LogP contribution < -0.4 is 0 Å². The highest BCUT2D eigenvalue weighted by Crippen LogP contribution is 2.68. The molecule has 2 bridgehead atoms. The predicted octanol–water partition coefficient (Wildman–Crippen LogP) is 4.35. The second-order valence-corrected chi connectivity index (χ2v) is 7.24. The van der Waals surface area contributed by atoms with E-state index in [1.54, 1.807) is 18.2 Å². The molecule has 0 radical (unpaired) electrons. The molecule has 116 valence electrons. The standard InChI is InChI=1S/C19H18FN3/c1-18(2)14-7-8-19(18,9-10-21)17-13(14)11-16(22-23-17)12-5-3-4-6-15(12)20/h3-6,11,14H,7-9H2,1-2H3/t14-,19?/m1/s1. The maximum atomic E-state index is 14.1. The second-order valence-electron chi connectivity index (χ2n) is 7.24. The van der Waals surface area contributed by atoms with Gasteiger partial charge in [-0.1, -0.05) is 26.0 Å². The van der Waals surface area contributed by atoms with Crippen LogP contribution in [-0.2, 0) is 5.41 Å². The average molecular weight is 307 g/mol. The third-order valence-electron chi connectivity index (χ3n) is 6.15. The minimum atomic E-state index is -0.282. The van der Waals surface area contributed by atoms with Crippen molar-refractivity contribution < 1.29 is 4.39 Å². The Bertz CT molecular complexity index is 837. The molecule has 0 amide bonds. The molecule has 2 atom stereocenters. The Morgan fingerprint density at radius 2 is 2.09 bits per heavy atom. The predicted molar refractivity (Wildman–Crippen MR) is 85.1 cm³/mol. The molecule has 1 aromatic heterocycles. The van der Waals surface area contributed by atoms with Crippen molar-refractivity contribution in [1.82, 2.24) is 10.2 Å². The van der Waals surface area contributed by atoms with Gasteiger partial charge >= 0.3 is 0 Å². The van der Waals surface area contributed by atoms with E-state index in [0.717, 1.165) is 24.1 Å². The van der Waals surface area contributed by atoms with Crippen molar-refractivity contribution in [3.05, 3.63) is 47.4 Å². The lowest BCUT2D eigenvalue weighted by Crippen LogP contribution is -2.35. The molecule has 0 aliphatic heterocycles. The topological polar surface area (TPSA) is 49.6 Å². The molecular weight excluding hydrogens is 289 g/mol. The third kappa shape index (κ3) is 1.68. The van der Waals surface area contributed by atoms with Gasteiger partial charge in [0.25, 0.3) is 0 Å². The van der Waals surface area contributed by atoms with Crippen molar-refractivity contribution in [3.8, 4) is 17.3 Å². The summed E-state index contributed by atoms with van der Waals surface area (Å²) in [5, 5.41) is 18.1. The van der Waals surface area contributed by atoms with Crippen LogP contribution >= 0.6 is 0 Å². The Hall–Kier alpha value is -2.28. The van der Waals surface area contributed by atoms with Gasteiger partial charge in [0.15, 0.2) is 0 Å². The van der Waals surface area contributed by atoms with Crippen molar-refractivity contribution in [2.75, 3.05) is 0 Å². The van der Waals surface area contributed by atoms with Gasteiger partial charge < -0.3 is 0 Å². The van der Waals surface area contributed by atoms with E-state index in [9.17, 15) is 9.65 Å². The van der Waals surface area contributed by atoms with Crippen molar-refractivity contribution in [2.45, 2.75) is 44.4 Å². The van der Waals surface area contributed by atoms with Crippen LogP contribution in [0.25, 0.3) is 11.3 Å². The summed E-state index contributed by atoms with van der Waals surface area (Å²) in [4.78, 5) is 0. The fraction of sp³-hybridized carbons (Fsp3) is 0.421. The van der Waals surface area contributed by atoms with Crippen LogP contribution in [0.3, 0.4) is 0 Å². The summed E-state index contributed by atoms with van der Waals surface area (Å²) < 4.78 is 14.1. The quantitative estimate of drug-likeness (QED) is 0.828. The van der Waals surface area contributed by atoms with Crippen molar-refractivity contribution in [1.29, 1.82) is 5.26 Å². The highest BCUT2D eigenvalue weighted by molar-refractivity contribution is 5.62. The van der Waals surface area contributed by atoms with E-state index >= 15 is 0 Å². The monoisotopic (exact) mass is 307 g/mol. The van der Waals surface area contributed by atoms with E-state index in [1.807, 2.05) is 6.07 Å². The zero-order chi connectivity index (χ0) is 16.2. The zero-order valence-electron chi connectivity index (χ0n) is 13.3. The number of hydrogen-bond acceptors (Lipinski definition) is 3. The van der Waals surface area contributed by atoms with E-state index in [-0.39, 0.29) is 16.6 Å². The van der Waals surface area contributed by atoms with E-state index in [0.29, 0.717) is 23.6 Å². The van der Waals surface area contributed by atoms with E-state index in [2.05, 4.69) is 30.1 Å². The molecule has 4 heteroatoms. The molecule has 0 saturated heterocycles. The summed E-state index contributed by atoms with van der Waals surface area (Å²) in [6, 6.07) is 11.0. The summed E-state index contributed by atoms with van der Waals surface area (Å²) in [6.07, 6.45) is 2.51. The first-order valence-electron chi connectivity index (χ1n) is 8.01. The number of hydrogen-bond donors (Lipinski definition) is 0. The Labute approximate surface area is 135 Å². The number of nitrogens with zero attached hydrogens (tertiary/aromatic N) is 3. The summed E-state index contributed by atoms with van der Waals surface area (Å²) in [6.45, 7) is 4.46. The van der Waals surface area contributed by atoms with Gasteiger partial charge in [-0.25, -0.2) is 4.39 Å². The maximum Gasteiger partial charge on any atom is 0.132 e. The largest absolute Gasteiger partial charge is 0.206 e. The molecule has 1 unspecified atom stereocenters. The first-order chi connectivity index (χ1) is 11.0. The zero-order valence-corrected chi connectivity index (χ0v) is 13.3. The summed E-state index contributed by atoms with van der Waals surface area (Å²) >= 11 is 0. The Balaban J connectivity index is 1.89. The smallest absolute Gasteiger partial charge is 0.132 e. The van der Waals surface area contributed by atoms with Gasteiger partial charge in [-0.05, 0) is 47.9 Å². The fourth-order valence-corrected chi connectivity index (χ4v) is 4.75. The van der Waals surface area contributed by atoms with Crippen molar-refractivity contribution >= 4 is 0 Å².